The number of nitrogen functional groups attached to an aromatic ring is 1. The summed E-state index contributed by atoms with van der Waals surface area (Å²) in [4.78, 5) is 0. The summed E-state index contributed by atoms with van der Waals surface area (Å²) in [7, 11) is 0. The fraction of sp³-hybridized carbons (Fsp3) is 0. The molecule has 0 fully saturated rings. The van der Waals surface area contributed by atoms with Gasteiger partial charge < -0.3 is 5.84 Å². The Morgan fingerprint density at radius 1 is 1.67 bits per heavy atom. The van der Waals surface area contributed by atoms with Gasteiger partial charge in [-0.3, -0.25) is 0 Å². The van der Waals surface area contributed by atoms with Gasteiger partial charge in [-0.2, -0.15) is 5.26 Å². The van der Waals surface area contributed by atoms with E-state index in [4.69, 9.17) is 11.1 Å². The predicted molar refractivity (Wildman–Crippen MR) is 37.0 cm³/mol. The molecule has 0 aromatic carbocycles. The van der Waals surface area contributed by atoms with Crippen LogP contribution in [0.2, 0.25) is 0 Å². The van der Waals surface area contributed by atoms with Crippen LogP contribution in [0, 0.1) is 11.3 Å². The second-order valence-electron chi connectivity index (χ2n) is 1.52. The van der Waals surface area contributed by atoms with Crippen molar-refractivity contribution in [2.24, 2.45) is 0 Å². The summed E-state index contributed by atoms with van der Waals surface area (Å²) >= 11 is 3.14. The molecule has 2 N–H and O–H groups in total. The molecule has 1 rings (SSSR count). The summed E-state index contributed by atoms with van der Waals surface area (Å²) in [5.41, 5.74) is 0.446. The first-order chi connectivity index (χ1) is 4.25. The molecule has 0 amide bonds. The first kappa shape index (κ1) is 6.17. The molecule has 0 spiro atoms. The van der Waals surface area contributed by atoms with E-state index >= 15 is 0 Å². The molecule has 0 aliphatic heterocycles. The zero-order valence-electron chi connectivity index (χ0n) is 4.50. The zero-order valence-corrected chi connectivity index (χ0v) is 6.09. The molecule has 46 valence electrons. The molecule has 3 nitrogen and oxygen atoms in total. The van der Waals surface area contributed by atoms with Crippen LogP contribution >= 0.6 is 15.9 Å². The Kier molecular flexibility index (Phi) is 1.45. The van der Waals surface area contributed by atoms with Crippen LogP contribution in [0.4, 0.5) is 0 Å². The largest absolute Gasteiger partial charge is 0.337 e. The molecule has 1 aromatic heterocycles. The van der Waals surface area contributed by atoms with E-state index in [1.165, 1.54) is 4.68 Å². The summed E-state index contributed by atoms with van der Waals surface area (Å²) in [6, 6.07) is 5.29. The molecule has 0 radical (unpaired) electrons. The summed E-state index contributed by atoms with van der Waals surface area (Å²) in [5.74, 6) is 5.36. The highest BCUT2D eigenvalue weighted by atomic mass is 79.9. The number of hydrogen-bond acceptors (Lipinski definition) is 2. The SMILES string of the molecule is N#Cc1ccc(Br)n1N. The van der Waals surface area contributed by atoms with Crippen molar-refractivity contribution in [3.63, 3.8) is 0 Å². The molecule has 0 saturated carbocycles. The summed E-state index contributed by atoms with van der Waals surface area (Å²) in [6.45, 7) is 0. The molecule has 0 bridgehead atoms. The van der Waals surface area contributed by atoms with Gasteiger partial charge in [0.25, 0.3) is 0 Å². The standard InChI is InChI=1S/C5H4BrN3/c6-5-2-1-4(3-7)9(5)8/h1-2H,8H2. The molecule has 1 aromatic rings. The van der Waals surface area contributed by atoms with Gasteiger partial charge in [0.15, 0.2) is 0 Å². The Bertz CT molecular complexity index is 258. The predicted octanol–water partition coefficient (Wildman–Crippen LogP) is 0.836. The van der Waals surface area contributed by atoms with Crippen molar-refractivity contribution in [3.8, 4) is 6.07 Å². The van der Waals surface area contributed by atoms with Crippen LogP contribution in [0.15, 0.2) is 16.7 Å². The normalized spacial score (nSPS) is 8.89. The first-order valence-corrected chi connectivity index (χ1v) is 3.07. The quantitative estimate of drug-likeness (QED) is 0.610. The Labute approximate surface area is 60.8 Å². The second kappa shape index (κ2) is 2.11. The van der Waals surface area contributed by atoms with Gasteiger partial charge in [-0.1, -0.05) is 0 Å². The van der Waals surface area contributed by atoms with Gasteiger partial charge in [0.05, 0.1) is 0 Å². The highest BCUT2D eigenvalue weighted by Crippen LogP contribution is 2.10. The molecule has 0 unspecified atom stereocenters. The first-order valence-electron chi connectivity index (χ1n) is 2.28. The van der Waals surface area contributed by atoms with E-state index < -0.39 is 0 Å². The zero-order chi connectivity index (χ0) is 6.85. The van der Waals surface area contributed by atoms with Crippen LogP contribution in [-0.4, -0.2) is 4.68 Å². The van der Waals surface area contributed by atoms with Crippen LogP contribution in [0.3, 0.4) is 0 Å². The maximum absolute atomic E-state index is 8.36. The number of rotatable bonds is 0. The molecule has 4 heteroatoms. The van der Waals surface area contributed by atoms with Crippen molar-refractivity contribution in [1.29, 1.82) is 5.26 Å². The van der Waals surface area contributed by atoms with Crippen molar-refractivity contribution in [1.82, 2.24) is 4.68 Å². The topological polar surface area (TPSA) is 54.7 Å². The second-order valence-corrected chi connectivity index (χ2v) is 2.34. The van der Waals surface area contributed by atoms with E-state index in [0.29, 0.717) is 10.3 Å². The smallest absolute Gasteiger partial charge is 0.140 e. The highest BCUT2D eigenvalue weighted by molar-refractivity contribution is 9.10. The van der Waals surface area contributed by atoms with E-state index in [0.717, 1.165) is 0 Å². The minimum atomic E-state index is 0.446. The number of hydrogen-bond donors (Lipinski definition) is 1. The Morgan fingerprint density at radius 3 is 2.56 bits per heavy atom. The van der Waals surface area contributed by atoms with Crippen molar-refractivity contribution in [2.45, 2.75) is 0 Å². The minimum absolute atomic E-state index is 0.446. The lowest BCUT2D eigenvalue weighted by Crippen LogP contribution is -2.09. The Hall–Kier alpha value is -0.950. The monoisotopic (exact) mass is 185 g/mol. The molecule has 0 aliphatic carbocycles. The fourth-order valence-corrected chi connectivity index (χ4v) is 0.838. The molecular formula is C5H4BrN3. The number of aromatic nitrogens is 1. The molecule has 0 saturated heterocycles. The molecular weight excluding hydrogens is 182 g/mol. The fourth-order valence-electron chi connectivity index (χ4n) is 0.515. The van der Waals surface area contributed by atoms with Crippen LogP contribution in [0.25, 0.3) is 0 Å². The van der Waals surface area contributed by atoms with Gasteiger partial charge >= 0.3 is 0 Å². The maximum Gasteiger partial charge on any atom is 0.140 e. The summed E-state index contributed by atoms with van der Waals surface area (Å²) in [5, 5.41) is 8.36. The van der Waals surface area contributed by atoms with Crippen LogP contribution < -0.4 is 5.84 Å². The maximum atomic E-state index is 8.36. The lowest BCUT2D eigenvalue weighted by molar-refractivity contribution is 0.966. The van der Waals surface area contributed by atoms with Crippen molar-refractivity contribution in [3.05, 3.63) is 22.4 Å². The number of halogens is 1. The molecule has 9 heavy (non-hydrogen) atoms. The summed E-state index contributed by atoms with van der Waals surface area (Å²) < 4.78 is 1.99. The van der Waals surface area contributed by atoms with Gasteiger partial charge in [0.1, 0.15) is 16.4 Å². The third-order valence-corrected chi connectivity index (χ3v) is 1.63. The third kappa shape index (κ3) is 0.911. The van der Waals surface area contributed by atoms with Crippen molar-refractivity contribution >= 4 is 15.9 Å². The van der Waals surface area contributed by atoms with E-state index in [-0.39, 0.29) is 0 Å². The summed E-state index contributed by atoms with van der Waals surface area (Å²) in [6.07, 6.45) is 0. The average molecular weight is 186 g/mol. The number of nitriles is 1. The average Bonchev–Trinajstić information content (AvgIpc) is 2.15. The van der Waals surface area contributed by atoms with Gasteiger partial charge in [-0.05, 0) is 28.1 Å². The Balaban J connectivity index is 3.24. The van der Waals surface area contributed by atoms with Crippen LogP contribution in [0.1, 0.15) is 5.69 Å². The molecule has 0 atom stereocenters. The van der Waals surface area contributed by atoms with Gasteiger partial charge in [0, 0.05) is 0 Å². The number of nitrogens with two attached hydrogens (primary N) is 1. The van der Waals surface area contributed by atoms with Crippen molar-refractivity contribution in [2.75, 3.05) is 5.84 Å². The van der Waals surface area contributed by atoms with Gasteiger partial charge in [0.2, 0.25) is 0 Å². The highest BCUT2D eigenvalue weighted by Gasteiger charge is 1.98. The van der Waals surface area contributed by atoms with Gasteiger partial charge in [-0.15, -0.1) is 0 Å². The third-order valence-electron chi connectivity index (χ3n) is 0.983. The lowest BCUT2D eigenvalue weighted by atomic mass is 10.5. The van der Waals surface area contributed by atoms with Gasteiger partial charge in [-0.25, -0.2) is 4.68 Å². The van der Waals surface area contributed by atoms with E-state index in [9.17, 15) is 0 Å². The van der Waals surface area contributed by atoms with Crippen molar-refractivity contribution < 1.29 is 0 Å². The molecule has 0 aliphatic rings. The van der Waals surface area contributed by atoms with Crippen LogP contribution in [-0.2, 0) is 0 Å². The van der Waals surface area contributed by atoms with E-state index in [1.807, 2.05) is 6.07 Å². The van der Waals surface area contributed by atoms with E-state index in [1.54, 1.807) is 12.1 Å². The number of nitrogens with zero attached hydrogens (tertiary/aromatic N) is 2. The van der Waals surface area contributed by atoms with Crippen LogP contribution in [0.5, 0.6) is 0 Å². The lowest BCUT2D eigenvalue weighted by Gasteiger charge is -1.92. The van der Waals surface area contributed by atoms with E-state index in [2.05, 4.69) is 15.9 Å². The minimum Gasteiger partial charge on any atom is -0.337 e. The molecule has 1 heterocycles. The Morgan fingerprint density at radius 2 is 2.33 bits per heavy atom.